The second kappa shape index (κ2) is 10.4. The van der Waals surface area contributed by atoms with Gasteiger partial charge in [0.2, 0.25) is 5.91 Å². The third-order valence-electron chi connectivity index (χ3n) is 6.64. The van der Waals surface area contributed by atoms with Crippen molar-refractivity contribution in [2.45, 2.75) is 25.2 Å². The Morgan fingerprint density at radius 1 is 1.22 bits per heavy atom. The van der Waals surface area contributed by atoms with E-state index in [1.54, 1.807) is 0 Å². The van der Waals surface area contributed by atoms with Crippen molar-refractivity contribution >= 4 is 35.2 Å². The Bertz CT molecular complexity index is 1180. The molecule has 2 aromatic carbocycles. The number of benzene rings is 2. The number of likely N-dealkylation sites (tertiary alicyclic amines) is 1. The first-order chi connectivity index (χ1) is 17.2. The van der Waals surface area contributed by atoms with Gasteiger partial charge in [-0.1, -0.05) is 49.7 Å². The summed E-state index contributed by atoms with van der Waals surface area (Å²) in [5.74, 6) is -1.45. The summed E-state index contributed by atoms with van der Waals surface area (Å²) >= 11 is 5.89. The smallest absolute Gasteiger partial charge is 0.409 e. The van der Waals surface area contributed by atoms with Crippen LogP contribution in [0.1, 0.15) is 41.3 Å². The minimum atomic E-state index is -1.12. The van der Waals surface area contributed by atoms with E-state index in [1.165, 1.54) is 18.0 Å². The van der Waals surface area contributed by atoms with Crippen molar-refractivity contribution in [3.63, 3.8) is 0 Å². The fraction of sp³-hybridized carbons (Fsp3) is 0.423. The number of anilines is 1. The Labute approximate surface area is 214 Å². The third kappa shape index (κ3) is 4.90. The van der Waals surface area contributed by atoms with Gasteiger partial charge in [0.05, 0.1) is 29.5 Å². The molecule has 0 bridgehead atoms. The number of ether oxygens (including phenoxy) is 2. The van der Waals surface area contributed by atoms with Crippen molar-refractivity contribution in [2.75, 3.05) is 45.3 Å². The van der Waals surface area contributed by atoms with Crippen molar-refractivity contribution in [3.8, 4) is 0 Å². The molecule has 2 N–H and O–H groups in total. The van der Waals surface area contributed by atoms with E-state index in [0.29, 0.717) is 13.2 Å². The Morgan fingerprint density at radius 3 is 2.53 bits per heavy atom. The van der Waals surface area contributed by atoms with Gasteiger partial charge in [-0.15, -0.1) is 0 Å². The molecular weight excluding hydrogens is 489 g/mol. The van der Waals surface area contributed by atoms with Gasteiger partial charge < -0.3 is 25.0 Å². The van der Waals surface area contributed by atoms with Crippen LogP contribution in [0.15, 0.2) is 36.4 Å². The largest absolute Gasteiger partial charge is 0.449 e. The van der Waals surface area contributed by atoms with E-state index in [0.717, 1.165) is 17.2 Å². The highest BCUT2D eigenvalue weighted by Crippen LogP contribution is 2.40. The third-order valence-corrected chi connectivity index (χ3v) is 6.93. The van der Waals surface area contributed by atoms with Gasteiger partial charge in [0, 0.05) is 26.1 Å². The maximum Gasteiger partial charge on any atom is 0.409 e. The van der Waals surface area contributed by atoms with Gasteiger partial charge in [0.15, 0.2) is 0 Å². The van der Waals surface area contributed by atoms with Gasteiger partial charge in [-0.05, 0) is 29.2 Å². The van der Waals surface area contributed by atoms with Crippen LogP contribution < -0.4 is 10.6 Å². The molecule has 10 heteroatoms. The lowest BCUT2D eigenvalue weighted by atomic mass is 9.70. The highest BCUT2D eigenvalue weighted by molar-refractivity contribution is 6.31. The van der Waals surface area contributed by atoms with E-state index in [1.807, 2.05) is 38.1 Å². The first-order valence-electron chi connectivity index (χ1n) is 11.8. The molecule has 2 saturated heterocycles. The predicted molar refractivity (Wildman–Crippen MR) is 133 cm³/mol. The Kier molecular flexibility index (Phi) is 7.51. The molecular formula is C26H29ClFN3O5. The van der Waals surface area contributed by atoms with Crippen LogP contribution in [0.3, 0.4) is 0 Å². The summed E-state index contributed by atoms with van der Waals surface area (Å²) < 4.78 is 24.8. The lowest BCUT2D eigenvalue weighted by molar-refractivity contribution is -0.127. The molecule has 0 unspecified atom stereocenters. The fourth-order valence-corrected chi connectivity index (χ4v) is 4.65. The molecule has 0 radical (unpaired) electrons. The zero-order chi connectivity index (χ0) is 26.0. The van der Waals surface area contributed by atoms with Crippen LogP contribution in [-0.2, 0) is 19.7 Å². The van der Waals surface area contributed by atoms with Crippen LogP contribution in [0.5, 0.6) is 0 Å². The predicted octanol–water partition coefficient (Wildman–Crippen LogP) is 3.94. The maximum absolute atomic E-state index is 14.3. The van der Waals surface area contributed by atoms with Crippen LogP contribution in [0.4, 0.5) is 14.9 Å². The lowest BCUT2D eigenvalue weighted by Gasteiger charge is -2.49. The molecule has 4 rings (SSSR count). The van der Waals surface area contributed by atoms with Gasteiger partial charge in [0.25, 0.3) is 5.91 Å². The highest BCUT2D eigenvalue weighted by Gasteiger charge is 2.54. The number of carbonyl (C=O) groups is 3. The minimum Gasteiger partial charge on any atom is -0.449 e. The van der Waals surface area contributed by atoms with E-state index in [-0.39, 0.29) is 47.8 Å². The SMILES string of the molecule is CNC(=O)c1cc(Cl)c(F)cc1NC(=O)C1(c2ccccc2C(C)C)CN(C(=O)OCC2COC2)C1. The van der Waals surface area contributed by atoms with Crippen molar-refractivity contribution in [2.24, 2.45) is 5.92 Å². The minimum absolute atomic E-state index is 0.00587. The molecule has 2 aromatic rings. The number of hydrogen-bond donors (Lipinski definition) is 2. The molecule has 36 heavy (non-hydrogen) atoms. The standard InChI is InChI=1S/C26H29ClFN3O5/c1-15(2)17-6-4-5-7-19(17)26(13-31(14-26)25(34)36-12-16-10-35-11-16)24(33)30-22-9-21(28)20(27)8-18(22)23(32)29-3/h4-9,15-16H,10-14H2,1-3H3,(H,29,32)(H,30,33). The van der Waals surface area contributed by atoms with Gasteiger partial charge in [-0.3, -0.25) is 9.59 Å². The topological polar surface area (TPSA) is 97.0 Å². The van der Waals surface area contributed by atoms with Crippen molar-refractivity contribution in [3.05, 3.63) is 63.9 Å². The molecule has 2 aliphatic heterocycles. The number of nitrogens with zero attached hydrogens (tertiary/aromatic N) is 1. The number of rotatable bonds is 7. The molecule has 3 amide bonds. The van der Waals surface area contributed by atoms with Gasteiger partial charge >= 0.3 is 6.09 Å². The second-order valence-corrected chi connectivity index (χ2v) is 9.91. The summed E-state index contributed by atoms with van der Waals surface area (Å²) in [5.41, 5.74) is 0.637. The maximum atomic E-state index is 14.3. The van der Waals surface area contributed by atoms with Crippen LogP contribution in [0, 0.1) is 11.7 Å². The monoisotopic (exact) mass is 517 g/mol. The first-order valence-corrected chi connectivity index (χ1v) is 12.2. The Hall–Kier alpha value is -3.17. The van der Waals surface area contributed by atoms with E-state index >= 15 is 0 Å². The number of amides is 3. The number of hydrogen-bond acceptors (Lipinski definition) is 5. The van der Waals surface area contributed by atoms with Crippen molar-refractivity contribution in [1.29, 1.82) is 0 Å². The first kappa shape index (κ1) is 25.9. The molecule has 2 aliphatic rings. The lowest BCUT2D eigenvalue weighted by Crippen LogP contribution is -2.66. The Morgan fingerprint density at radius 2 is 1.92 bits per heavy atom. The van der Waals surface area contributed by atoms with E-state index in [9.17, 15) is 18.8 Å². The molecule has 0 spiro atoms. The second-order valence-electron chi connectivity index (χ2n) is 9.51. The number of carbonyl (C=O) groups excluding carboxylic acids is 3. The number of nitrogens with one attached hydrogen (secondary N) is 2. The van der Waals surface area contributed by atoms with Gasteiger partial charge in [0.1, 0.15) is 17.8 Å². The summed E-state index contributed by atoms with van der Waals surface area (Å²) in [6.07, 6.45) is -0.504. The van der Waals surface area contributed by atoms with Gasteiger partial charge in [-0.2, -0.15) is 0 Å². The van der Waals surface area contributed by atoms with Crippen molar-refractivity contribution < 1.29 is 28.2 Å². The van der Waals surface area contributed by atoms with E-state index < -0.39 is 29.1 Å². The quantitative estimate of drug-likeness (QED) is 0.580. The van der Waals surface area contributed by atoms with Gasteiger partial charge in [-0.25, -0.2) is 9.18 Å². The fourth-order valence-electron chi connectivity index (χ4n) is 4.48. The molecule has 2 fully saturated rings. The summed E-state index contributed by atoms with van der Waals surface area (Å²) in [5, 5.41) is 4.97. The molecule has 0 atom stereocenters. The summed E-state index contributed by atoms with van der Waals surface area (Å²) in [6.45, 7) is 5.58. The Balaban J connectivity index is 1.64. The normalized spacial score (nSPS) is 16.7. The highest BCUT2D eigenvalue weighted by atomic mass is 35.5. The molecule has 0 aliphatic carbocycles. The zero-order valence-corrected chi connectivity index (χ0v) is 21.2. The van der Waals surface area contributed by atoms with Crippen LogP contribution >= 0.6 is 11.6 Å². The average Bonchev–Trinajstić information content (AvgIpc) is 2.79. The summed E-state index contributed by atoms with van der Waals surface area (Å²) in [7, 11) is 1.43. The molecule has 0 aromatic heterocycles. The molecule has 8 nitrogen and oxygen atoms in total. The number of halogens is 2. The average molecular weight is 518 g/mol. The van der Waals surface area contributed by atoms with E-state index in [2.05, 4.69) is 10.6 Å². The van der Waals surface area contributed by atoms with Crippen LogP contribution in [-0.4, -0.2) is 62.8 Å². The zero-order valence-electron chi connectivity index (χ0n) is 20.4. The summed E-state index contributed by atoms with van der Waals surface area (Å²) in [4.78, 5) is 40.4. The van der Waals surface area contributed by atoms with Crippen molar-refractivity contribution in [1.82, 2.24) is 10.2 Å². The molecule has 2 heterocycles. The summed E-state index contributed by atoms with van der Waals surface area (Å²) in [6, 6.07) is 9.75. The molecule has 192 valence electrons. The van der Waals surface area contributed by atoms with Crippen LogP contribution in [0.25, 0.3) is 0 Å². The van der Waals surface area contributed by atoms with Crippen LogP contribution in [0.2, 0.25) is 5.02 Å². The van der Waals surface area contributed by atoms with E-state index in [4.69, 9.17) is 21.1 Å². The molecule has 0 saturated carbocycles.